The van der Waals surface area contributed by atoms with Crippen molar-refractivity contribution in [2.45, 2.75) is 24.6 Å². The van der Waals surface area contributed by atoms with Crippen LogP contribution in [0.4, 0.5) is 0 Å². The Balaban J connectivity index is 1.53. The van der Waals surface area contributed by atoms with Gasteiger partial charge < -0.3 is 5.32 Å². The molecular formula is C16H20N4O3S. The highest BCUT2D eigenvalue weighted by Crippen LogP contribution is 2.18. The zero-order chi connectivity index (χ0) is 17.0. The Bertz CT molecular complexity index is 767. The van der Waals surface area contributed by atoms with E-state index in [9.17, 15) is 13.2 Å². The van der Waals surface area contributed by atoms with Gasteiger partial charge in [-0.1, -0.05) is 30.3 Å². The smallest absolute Gasteiger partial charge is 0.254 e. The zero-order valence-electron chi connectivity index (χ0n) is 13.2. The molecule has 2 N–H and O–H groups in total. The predicted molar refractivity (Wildman–Crippen MR) is 89.7 cm³/mol. The number of aromatic nitrogens is 2. The van der Waals surface area contributed by atoms with Crippen LogP contribution in [0.2, 0.25) is 0 Å². The summed E-state index contributed by atoms with van der Waals surface area (Å²) in [7, 11) is -3.33. The van der Waals surface area contributed by atoms with E-state index in [0.717, 1.165) is 5.56 Å². The van der Waals surface area contributed by atoms with Gasteiger partial charge in [0.05, 0.1) is 17.5 Å². The molecule has 2 aromatic rings. The maximum absolute atomic E-state index is 12.5. The maximum Gasteiger partial charge on any atom is 0.254 e. The van der Waals surface area contributed by atoms with Crippen molar-refractivity contribution in [2.24, 2.45) is 0 Å². The van der Waals surface area contributed by atoms with Crippen LogP contribution in [0, 0.1) is 0 Å². The monoisotopic (exact) mass is 348 g/mol. The summed E-state index contributed by atoms with van der Waals surface area (Å²) in [6.45, 7) is 0.844. The normalized spacial score (nSPS) is 16.8. The number of benzene rings is 1. The quantitative estimate of drug-likeness (QED) is 0.847. The molecule has 0 radical (unpaired) electrons. The van der Waals surface area contributed by atoms with E-state index in [4.69, 9.17) is 0 Å². The van der Waals surface area contributed by atoms with E-state index in [1.807, 2.05) is 30.3 Å². The van der Waals surface area contributed by atoms with Crippen LogP contribution < -0.4 is 5.32 Å². The van der Waals surface area contributed by atoms with E-state index >= 15 is 0 Å². The van der Waals surface area contributed by atoms with Gasteiger partial charge in [0.1, 0.15) is 0 Å². The average molecular weight is 348 g/mol. The van der Waals surface area contributed by atoms with Crippen molar-refractivity contribution in [3.63, 3.8) is 0 Å². The van der Waals surface area contributed by atoms with Crippen LogP contribution in [0.1, 0.15) is 28.8 Å². The van der Waals surface area contributed by atoms with Crippen LogP contribution in [-0.4, -0.2) is 48.0 Å². The van der Waals surface area contributed by atoms with Gasteiger partial charge >= 0.3 is 0 Å². The lowest BCUT2D eigenvalue weighted by Gasteiger charge is -2.31. The minimum absolute atomic E-state index is 0.0138. The fourth-order valence-corrected chi connectivity index (χ4v) is 4.36. The van der Waals surface area contributed by atoms with Crippen LogP contribution in [0.15, 0.2) is 42.7 Å². The number of sulfonamides is 1. The number of carbonyl (C=O) groups is 1. The Kier molecular flexibility index (Phi) is 4.96. The van der Waals surface area contributed by atoms with E-state index in [-0.39, 0.29) is 17.7 Å². The van der Waals surface area contributed by atoms with Gasteiger partial charge in [-0.3, -0.25) is 9.89 Å². The number of hydrogen-bond donors (Lipinski definition) is 2. The molecule has 0 spiro atoms. The van der Waals surface area contributed by atoms with E-state index in [2.05, 4.69) is 15.5 Å². The van der Waals surface area contributed by atoms with Gasteiger partial charge in [0.25, 0.3) is 5.91 Å². The number of H-pyrrole nitrogens is 1. The van der Waals surface area contributed by atoms with Crippen LogP contribution >= 0.6 is 0 Å². The predicted octanol–water partition coefficient (Wildman–Crippen LogP) is 1.13. The minimum atomic E-state index is -3.33. The van der Waals surface area contributed by atoms with E-state index in [1.165, 1.54) is 16.7 Å². The van der Waals surface area contributed by atoms with Crippen molar-refractivity contribution in [2.75, 3.05) is 13.1 Å². The van der Waals surface area contributed by atoms with Crippen LogP contribution in [0.25, 0.3) is 0 Å². The highest BCUT2D eigenvalue weighted by molar-refractivity contribution is 7.88. The summed E-state index contributed by atoms with van der Waals surface area (Å²) in [5.74, 6) is -0.172. The standard InChI is InChI=1S/C16H20N4O3S/c21-16(14-10-17-18-11-14)19-15-6-8-20(9-7-15)24(22,23)12-13-4-2-1-3-5-13/h1-5,10-11,15H,6-9,12H2,(H,17,18)(H,19,21). The summed E-state index contributed by atoms with van der Waals surface area (Å²) < 4.78 is 26.5. The third-order valence-electron chi connectivity index (χ3n) is 4.13. The molecule has 1 fully saturated rings. The summed E-state index contributed by atoms with van der Waals surface area (Å²) in [4.78, 5) is 12.0. The lowest BCUT2D eigenvalue weighted by molar-refractivity contribution is 0.0924. The molecule has 1 aromatic heterocycles. The summed E-state index contributed by atoms with van der Waals surface area (Å²) in [6, 6.07) is 9.15. The molecule has 0 atom stereocenters. The summed E-state index contributed by atoms with van der Waals surface area (Å²) >= 11 is 0. The number of piperidine rings is 1. The lowest BCUT2D eigenvalue weighted by atomic mass is 10.1. The number of carbonyl (C=O) groups excluding carboxylic acids is 1. The number of nitrogens with one attached hydrogen (secondary N) is 2. The molecule has 3 rings (SSSR count). The number of nitrogens with zero attached hydrogens (tertiary/aromatic N) is 2. The molecule has 2 heterocycles. The number of hydrogen-bond acceptors (Lipinski definition) is 4. The Morgan fingerprint density at radius 3 is 2.58 bits per heavy atom. The van der Waals surface area contributed by atoms with Gasteiger partial charge in [0.15, 0.2) is 0 Å². The summed E-state index contributed by atoms with van der Waals surface area (Å²) in [6.07, 6.45) is 4.22. The summed E-state index contributed by atoms with van der Waals surface area (Å²) in [5.41, 5.74) is 1.27. The Hall–Kier alpha value is -2.19. The molecule has 0 bridgehead atoms. The molecule has 0 unspecified atom stereocenters. The number of rotatable bonds is 5. The van der Waals surface area contributed by atoms with E-state index in [0.29, 0.717) is 31.5 Å². The SMILES string of the molecule is O=C(NC1CCN(S(=O)(=O)Cc2ccccc2)CC1)c1cn[nH]c1. The number of aromatic amines is 1. The topological polar surface area (TPSA) is 95.2 Å². The average Bonchev–Trinajstić information content (AvgIpc) is 3.10. The second-order valence-corrected chi connectivity index (χ2v) is 7.84. The summed E-state index contributed by atoms with van der Waals surface area (Å²) in [5, 5.41) is 9.27. The molecule has 24 heavy (non-hydrogen) atoms. The molecule has 8 heteroatoms. The maximum atomic E-state index is 12.5. The molecule has 1 amide bonds. The Labute approximate surface area is 141 Å². The second kappa shape index (κ2) is 7.14. The van der Waals surface area contributed by atoms with E-state index < -0.39 is 10.0 Å². The largest absolute Gasteiger partial charge is 0.349 e. The zero-order valence-corrected chi connectivity index (χ0v) is 14.0. The van der Waals surface area contributed by atoms with Crippen molar-refractivity contribution < 1.29 is 13.2 Å². The highest BCUT2D eigenvalue weighted by atomic mass is 32.2. The number of amides is 1. The first-order valence-corrected chi connectivity index (χ1v) is 9.47. The fourth-order valence-electron chi connectivity index (χ4n) is 2.80. The molecule has 0 aliphatic carbocycles. The van der Waals surface area contributed by atoms with Crippen LogP contribution in [0.3, 0.4) is 0 Å². The molecule has 1 saturated heterocycles. The van der Waals surface area contributed by atoms with Crippen molar-refractivity contribution in [3.8, 4) is 0 Å². The van der Waals surface area contributed by atoms with E-state index in [1.54, 1.807) is 0 Å². The van der Waals surface area contributed by atoms with Gasteiger partial charge in [-0.25, -0.2) is 12.7 Å². The molecule has 7 nitrogen and oxygen atoms in total. The van der Waals surface area contributed by atoms with Crippen molar-refractivity contribution >= 4 is 15.9 Å². The van der Waals surface area contributed by atoms with Gasteiger partial charge in [-0.15, -0.1) is 0 Å². The van der Waals surface area contributed by atoms with Gasteiger partial charge in [0.2, 0.25) is 10.0 Å². The first kappa shape index (κ1) is 16.7. The van der Waals surface area contributed by atoms with Crippen molar-refractivity contribution in [1.82, 2.24) is 19.8 Å². The molecule has 1 aliphatic heterocycles. The van der Waals surface area contributed by atoms with Crippen molar-refractivity contribution in [1.29, 1.82) is 0 Å². The van der Waals surface area contributed by atoms with Gasteiger partial charge in [-0.05, 0) is 18.4 Å². The Morgan fingerprint density at radius 2 is 1.96 bits per heavy atom. The molecule has 0 saturated carbocycles. The molecule has 128 valence electrons. The van der Waals surface area contributed by atoms with Crippen LogP contribution in [-0.2, 0) is 15.8 Å². The van der Waals surface area contributed by atoms with Crippen molar-refractivity contribution in [3.05, 3.63) is 53.9 Å². The first-order valence-electron chi connectivity index (χ1n) is 7.86. The third-order valence-corrected chi connectivity index (χ3v) is 5.98. The minimum Gasteiger partial charge on any atom is -0.349 e. The highest BCUT2D eigenvalue weighted by Gasteiger charge is 2.28. The van der Waals surface area contributed by atoms with Crippen LogP contribution in [0.5, 0.6) is 0 Å². The Morgan fingerprint density at radius 1 is 1.25 bits per heavy atom. The fraction of sp³-hybridized carbons (Fsp3) is 0.375. The molecular weight excluding hydrogens is 328 g/mol. The second-order valence-electron chi connectivity index (χ2n) is 5.88. The lowest BCUT2D eigenvalue weighted by Crippen LogP contribution is -2.46. The molecule has 1 aromatic carbocycles. The third kappa shape index (κ3) is 4.01. The first-order chi connectivity index (χ1) is 11.5. The van der Waals surface area contributed by atoms with Gasteiger partial charge in [0, 0.05) is 25.3 Å². The molecule has 1 aliphatic rings. The van der Waals surface area contributed by atoms with Gasteiger partial charge in [-0.2, -0.15) is 5.10 Å².